The van der Waals surface area contributed by atoms with Crippen LogP contribution in [-0.4, -0.2) is 18.2 Å². The molecule has 2 fully saturated rings. The molecular weight excluding hydrogens is 198 g/mol. The lowest BCUT2D eigenvalue weighted by molar-refractivity contribution is -0.0194. The van der Waals surface area contributed by atoms with E-state index in [-0.39, 0.29) is 5.54 Å². The van der Waals surface area contributed by atoms with Crippen molar-refractivity contribution in [3.8, 4) is 0 Å². The van der Waals surface area contributed by atoms with Crippen molar-refractivity contribution >= 4 is 0 Å². The van der Waals surface area contributed by atoms with Crippen molar-refractivity contribution < 1.29 is 4.74 Å². The van der Waals surface area contributed by atoms with E-state index in [1.807, 2.05) is 0 Å². The summed E-state index contributed by atoms with van der Waals surface area (Å²) in [4.78, 5) is 0. The molecule has 2 aliphatic rings. The van der Waals surface area contributed by atoms with E-state index < -0.39 is 0 Å². The quantitative estimate of drug-likeness (QED) is 0.801. The number of ether oxygens (including phenoxy) is 1. The van der Waals surface area contributed by atoms with Gasteiger partial charge >= 0.3 is 0 Å². The van der Waals surface area contributed by atoms with E-state index in [1.54, 1.807) is 0 Å². The van der Waals surface area contributed by atoms with Crippen LogP contribution in [0, 0.1) is 11.8 Å². The second kappa shape index (κ2) is 5.05. The number of nitrogens with two attached hydrogens (primary N) is 1. The molecule has 3 atom stereocenters. The normalized spacial score (nSPS) is 38.8. The third kappa shape index (κ3) is 2.98. The highest BCUT2D eigenvalue weighted by Crippen LogP contribution is 2.33. The first-order chi connectivity index (χ1) is 7.59. The van der Waals surface area contributed by atoms with Crippen LogP contribution >= 0.6 is 0 Å². The zero-order chi connectivity index (χ0) is 11.6. The molecule has 2 aliphatic carbocycles. The van der Waals surface area contributed by atoms with Gasteiger partial charge in [-0.3, -0.25) is 0 Å². The third-order valence-electron chi connectivity index (χ3n) is 4.76. The summed E-state index contributed by atoms with van der Waals surface area (Å²) in [5.41, 5.74) is 6.32. The number of rotatable bonds is 3. The van der Waals surface area contributed by atoms with Crippen molar-refractivity contribution in [3.05, 3.63) is 0 Å². The van der Waals surface area contributed by atoms with E-state index in [2.05, 4.69) is 13.8 Å². The average molecular weight is 225 g/mol. The van der Waals surface area contributed by atoms with Crippen LogP contribution in [0.5, 0.6) is 0 Å². The molecule has 2 N–H and O–H groups in total. The Bertz CT molecular complexity index is 223. The molecule has 16 heavy (non-hydrogen) atoms. The topological polar surface area (TPSA) is 35.2 Å². The lowest BCUT2D eigenvalue weighted by Gasteiger charge is -2.34. The van der Waals surface area contributed by atoms with Gasteiger partial charge in [-0.15, -0.1) is 0 Å². The van der Waals surface area contributed by atoms with Gasteiger partial charge in [0.2, 0.25) is 0 Å². The Morgan fingerprint density at radius 1 is 1.12 bits per heavy atom. The van der Waals surface area contributed by atoms with Crippen LogP contribution in [0.25, 0.3) is 0 Å². The molecule has 2 saturated carbocycles. The summed E-state index contributed by atoms with van der Waals surface area (Å²) >= 11 is 0. The van der Waals surface area contributed by atoms with Crippen molar-refractivity contribution in [1.82, 2.24) is 0 Å². The van der Waals surface area contributed by atoms with E-state index in [1.165, 1.54) is 32.1 Å². The average Bonchev–Trinajstić information content (AvgIpc) is 2.68. The molecule has 0 radical (unpaired) electrons. The summed E-state index contributed by atoms with van der Waals surface area (Å²) in [7, 11) is 0. The van der Waals surface area contributed by atoms with Gasteiger partial charge in [0, 0.05) is 5.54 Å². The van der Waals surface area contributed by atoms with Gasteiger partial charge in [-0.25, -0.2) is 0 Å². The minimum absolute atomic E-state index is 0.00625. The molecular formula is C14H27NO. The zero-order valence-corrected chi connectivity index (χ0v) is 10.9. The van der Waals surface area contributed by atoms with Crippen LogP contribution in [0.15, 0.2) is 0 Å². The molecule has 0 saturated heterocycles. The van der Waals surface area contributed by atoms with Gasteiger partial charge < -0.3 is 10.5 Å². The molecule has 0 aromatic carbocycles. The molecule has 0 aromatic rings. The summed E-state index contributed by atoms with van der Waals surface area (Å²) in [5, 5.41) is 0. The summed E-state index contributed by atoms with van der Waals surface area (Å²) < 4.78 is 6.06. The Kier molecular flexibility index (Phi) is 3.91. The molecule has 2 heteroatoms. The van der Waals surface area contributed by atoms with Crippen LogP contribution in [0.4, 0.5) is 0 Å². The number of hydrogen-bond acceptors (Lipinski definition) is 2. The van der Waals surface area contributed by atoms with Crippen molar-refractivity contribution in [2.75, 3.05) is 6.61 Å². The summed E-state index contributed by atoms with van der Waals surface area (Å²) in [6.45, 7) is 5.51. The molecule has 0 amide bonds. The minimum Gasteiger partial charge on any atom is -0.376 e. The predicted molar refractivity (Wildman–Crippen MR) is 67.3 cm³/mol. The molecule has 0 heterocycles. The monoisotopic (exact) mass is 225 g/mol. The van der Waals surface area contributed by atoms with Gasteiger partial charge in [0.15, 0.2) is 0 Å². The highest BCUT2D eigenvalue weighted by molar-refractivity contribution is 4.89. The van der Waals surface area contributed by atoms with E-state index in [9.17, 15) is 0 Å². The molecule has 0 aromatic heterocycles. The Morgan fingerprint density at radius 3 is 2.44 bits per heavy atom. The fraction of sp³-hybridized carbons (Fsp3) is 1.00. The Hall–Kier alpha value is -0.0800. The fourth-order valence-electron chi connectivity index (χ4n) is 3.16. The standard InChI is InChI=1S/C14H27NO/c1-11-5-6-13(9-12(11)2)16-10-14(15)7-3-4-8-14/h11-13H,3-10,15H2,1-2H3. The molecule has 0 aliphatic heterocycles. The molecule has 0 spiro atoms. The lowest BCUT2D eigenvalue weighted by atomic mass is 9.80. The van der Waals surface area contributed by atoms with E-state index >= 15 is 0 Å². The molecule has 94 valence electrons. The largest absolute Gasteiger partial charge is 0.376 e. The van der Waals surface area contributed by atoms with Gasteiger partial charge in [0.25, 0.3) is 0 Å². The first-order valence-corrected chi connectivity index (χ1v) is 6.99. The SMILES string of the molecule is CC1CCC(OCC2(N)CCCC2)CC1C. The second-order valence-electron chi connectivity index (χ2n) is 6.27. The van der Waals surface area contributed by atoms with Crippen molar-refractivity contribution in [3.63, 3.8) is 0 Å². The molecule has 3 unspecified atom stereocenters. The van der Waals surface area contributed by atoms with Crippen molar-refractivity contribution in [2.45, 2.75) is 70.4 Å². The Morgan fingerprint density at radius 2 is 1.81 bits per heavy atom. The van der Waals surface area contributed by atoms with Gasteiger partial charge in [-0.05, 0) is 43.9 Å². The first kappa shape index (κ1) is 12.4. The summed E-state index contributed by atoms with van der Waals surface area (Å²) in [5.74, 6) is 1.69. The Labute approximate surface area is 99.9 Å². The molecule has 2 rings (SSSR count). The third-order valence-corrected chi connectivity index (χ3v) is 4.76. The summed E-state index contributed by atoms with van der Waals surface area (Å²) in [6, 6.07) is 0. The zero-order valence-electron chi connectivity index (χ0n) is 10.9. The van der Waals surface area contributed by atoms with Gasteiger partial charge in [-0.1, -0.05) is 26.7 Å². The van der Waals surface area contributed by atoms with E-state index in [0.29, 0.717) is 6.10 Å². The smallest absolute Gasteiger partial charge is 0.0649 e. The van der Waals surface area contributed by atoms with Crippen LogP contribution in [0.2, 0.25) is 0 Å². The highest BCUT2D eigenvalue weighted by Gasteiger charge is 2.32. The maximum Gasteiger partial charge on any atom is 0.0649 e. The van der Waals surface area contributed by atoms with Crippen molar-refractivity contribution in [1.29, 1.82) is 0 Å². The maximum absolute atomic E-state index is 6.31. The van der Waals surface area contributed by atoms with Gasteiger partial charge in [-0.2, -0.15) is 0 Å². The van der Waals surface area contributed by atoms with E-state index in [0.717, 1.165) is 31.3 Å². The van der Waals surface area contributed by atoms with Crippen molar-refractivity contribution in [2.24, 2.45) is 17.6 Å². The lowest BCUT2D eigenvalue weighted by Crippen LogP contribution is -2.43. The molecule has 0 bridgehead atoms. The van der Waals surface area contributed by atoms with Crippen LogP contribution < -0.4 is 5.73 Å². The first-order valence-electron chi connectivity index (χ1n) is 6.99. The van der Waals surface area contributed by atoms with Crippen LogP contribution in [0.1, 0.15) is 58.8 Å². The minimum atomic E-state index is 0.00625. The Balaban J connectivity index is 1.74. The van der Waals surface area contributed by atoms with Crippen LogP contribution in [-0.2, 0) is 4.74 Å². The fourth-order valence-corrected chi connectivity index (χ4v) is 3.16. The second-order valence-corrected chi connectivity index (χ2v) is 6.27. The molecule has 2 nitrogen and oxygen atoms in total. The van der Waals surface area contributed by atoms with E-state index in [4.69, 9.17) is 10.5 Å². The van der Waals surface area contributed by atoms with Gasteiger partial charge in [0.1, 0.15) is 0 Å². The highest BCUT2D eigenvalue weighted by atomic mass is 16.5. The number of hydrogen-bond donors (Lipinski definition) is 1. The maximum atomic E-state index is 6.31. The summed E-state index contributed by atoms with van der Waals surface area (Å²) in [6.07, 6.45) is 9.17. The van der Waals surface area contributed by atoms with Gasteiger partial charge in [0.05, 0.1) is 12.7 Å². The van der Waals surface area contributed by atoms with Crippen LogP contribution in [0.3, 0.4) is 0 Å². The predicted octanol–water partition coefficient (Wildman–Crippen LogP) is 3.10.